The number of carbonyl (C=O) groups is 3. The molecule has 1 aliphatic rings. The van der Waals surface area contributed by atoms with Crippen molar-refractivity contribution in [3.8, 4) is 0 Å². The summed E-state index contributed by atoms with van der Waals surface area (Å²) in [6, 6.07) is 3.55. The lowest BCUT2D eigenvalue weighted by Crippen LogP contribution is -2.43. The molecule has 0 unspecified atom stereocenters. The van der Waals surface area contributed by atoms with E-state index in [4.69, 9.17) is 18.0 Å². The molecular weight excluding hydrogens is 350 g/mol. The van der Waals surface area contributed by atoms with Crippen molar-refractivity contribution in [2.24, 2.45) is 5.73 Å². The molecule has 126 valence electrons. The van der Waals surface area contributed by atoms with E-state index in [1.807, 2.05) is 0 Å². The monoisotopic (exact) mass is 365 g/mol. The highest BCUT2D eigenvalue weighted by atomic mass is 32.2. The Balaban J connectivity index is 1.87. The first kappa shape index (κ1) is 17.9. The van der Waals surface area contributed by atoms with E-state index in [1.165, 1.54) is 0 Å². The average molecular weight is 365 g/mol. The number of primary amides is 1. The van der Waals surface area contributed by atoms with Crippen LogP contribution in [0.3, 0.4) is 0 Å². The molecule has 1 aliphatic heterocycles. The van der Waals surface area contributed by atoms with Gasteiger partial charge in [-0.15, -0.1) is 0 Å². The highest BCUT2D eigenvalue weighted by molar-refractivity contribution is 8.18. The van der Waals surface area contributed by atoms with Crippen LogP contribution in [0.1, 0.15) is 5.56 Å². The summed E-state index contributed by atoms with van der Waals surface area (Å²) in [6.07, 6.45) is 4.87. The Morgan fingerprint density at radius 1 is 1.42 bits per heavy atom. The zero-order chi connectivity index (χ0) is 17.5. The third kappa shape index (κ3) is 5.03. The fourth-order valence-electron chi connectivity index (χ4n) is 1.82. The molecule has 0 radical (unpaired) electrons. The molecule has 1 saturated heterocycles. The first-order chi connectivity index (χ1) is 11.5. The molecule has 4 N–H and O–H groups in total. The minimum atomic E-state index is -0.536. The van der Waals surface area contributed by atoms with Crippen LogP contribution in [0, 0.1) is 0 Å². The van der Waals surface area contributed by atoms with Gasteiger partial charge >= 0.3 is 0 Å². The van der Waals surface area contributed by atoms with E-state index >= 15 is 0 Å². The second kappa shape index (κ2) is 8.41. The summed E-state index contributed by atoms with van der Waals surface area (Å²) >= 11 is 5.82. The summed E-state index contributed by atoms with van der Waals surface area (Å²) in [7, 11) is 0. The lowest BCUT2D eigenvalue weighted by Gasteiger charge is -2.14. The summed E-state index contributed by atoms with van der Waals surface area (Å²) in [4.78, 5) is 40.3. The number of carbonyl (C=O) groups excluding carboxylic acids is 3. The molecule has 0 atom stereocenters. The maximum Gasteiger partial charge on any atom is 0.293 e. The van der Waals surface area contributed by atoms with Crippen LogP contribution in [-0.4, -0.2) is 51.7 Å². The molecule has 0 aromatic carbocycles. The van der Waals surface area contributed by atoms with Crippen molar-refractivity contribution < 1.29 is 14.4 Å². The van der Waals surface area contributed by atoms with Crippen LogP contribution in [-0.2, 0) is 9.59 Å². The number of thiocarbonyl (C=S) groups is 1. The van der Waals surface area contributed by atoms with Gasteiger partial charge in [-0.2, -0.15) is 0 Å². The van der Waals surface area contributed by atoms with Crippen LogP contribution in [0.25, 0.3) is 6.08 Å². The maximum absolute atomic E-state index is 12.3. The van der Waals surface area contributed by atoms with E-state index in [1.54, 1.807) is 30.6 Å². The van der Waals surface area contributed by atoms with Gasteiger partial charge in [-0.05, 0) is 41.7 Å². The lowest BCUT2D eigenvalue weighted by atomic mass is 10.2. The second-order valence-electron chi connectivity index (χ2n) is 4.70. The zero-order valence-corrected chi connectivity index (χ0v) is 14.2. The van der Waals surface area contributed by atoms with Crippen LogP contribution in [0.4, 0.5) is 4.79 Å². The number of imide groups is 1. The van der Waals surface area contributed by atoms with Gasteiger partial charge in [-0.25, -0.2) is 0 Å². The summed E-state index contributed by atoms with van der Waals surface area (Å²) in [5.74, 6) is -0.891. The Kier molecular flexibility index (Phi) is 6.27. The van der Waals surface area contributed by atoms with Crippen molar-refractivity contribution in [1.29, 1.82) is 0 Å². The smallest absolute Gasteiger partial charge is 0.293 e. The number of nitrogens with two attached hydrogens (primary N) is 1. The minimum Gasteiger partial charge on any atom is -0.368 e. The fourth-order valence-corrected chi connectivity index (χ4v) is 2.86. The maximum atomic E-state index is 12.3. The van der Waals surface area contributed by atoms with Crippen molar-refractivity contribution >= 4 is 52.2 Å². The van der Waals surface area contributed by atoms with Gasteiger partial charge in [0.15, 0.2) is 5.11 Å². The van der Waals surface area contributed by atoms with Crippen LogP contribution in [0.2, 0.25) is 0 Å². The minimum absolute atomic E-state index is 0.0821. The molecule has 2 rings (SSSR count). The molecule has 1 aromatic heterocycles. The number of nitrogens with zero attached hydrogens (tertiary/aromatic N) is 2. The van der Waals surface area contributed by atoms with Crippen molar-refractivity contribution in [3.05, 3.63) is 35.0 Å². The summed E-state index contributed by atoms with van der Waals surface area (Å²) in [5.41, 5.74) is 5.73. The standard InChI is InChI=1S/C14H15N5O3S2/c15-11(20)8-18-13(23)17-4-5-19-12(21)10(24-14(19)22)6-9-2-1-3-16-7-9/h1-3,6-7H,4-5,8H2,(H2,15,20)(H2,17,18,23). The number of aromatic nitrogens is 1. The summed E-state index contributed by atoms with van der Waals surface area (Å²) in [6.45, 7) is 0.345. The summed E-state index contributed by atoms with van der Waals surface area (Å²) in [5, 5.41) is 5.29. The number of nitrogens with one attached hydrogen (secondary N) is 2. The molecule has 0 aliphatic carbocycles. The first-order valence-corrected chi connectivity index (χ1v) is 8.15. The van der Waals surface area contributed by atoms with Crippen LogP contribution < -0.4 is 16.4 Å². The Morgan fingerprint density at radius 3 is 2.88 bits per heavy atom. The molecule has 1 aromatic rings. The van der Waals surface area contributed by atoms with Gasteiger partial charge in [-0.1, -0.05) is 6.07 Å². The van der Waals surface area contributed by atoms with Gasteiger partial charge < -0.3 is 16.4 Å². The Hall–Kier alpha value is -2.46. The van der Waals surface area contributed by atoms with Gasteiger partial charge in [-0.3, -0.25) is 24.3 Å². The normalized spacial score (nSPS) is 15.7. The molecule has 10 heteroatoms. The van der Waals surface area contributed by atoms with E-state index in [0.29, 0.717) is 4.91 Å². The second-order valence-corrected chi connectivity index (χ2v) is 6.10. The van der Waals surface area contributed by atoms with Gasteiger partial charge in [0.1, 0.15) is 0 Å². The number of hydrogen-bond donors (Lipinski definition) is 3. The summed E-state index contributed by atoms with van der Waals surface area (Å²) < 4.78 is 0. The molecule has 8 nitrogen and oxygen atoms in total. The van der Waals surface area contributed by atoms with Crippen LogP contribution in [0.5, 0.6) is 0 Å². The molecule has 3 amide bonds. The molecular formula is C14H15N5O3S2. The van der Waals surface area contributed by atoms with Crippen molar-refractivity contribution in [3.63, 3.8) is 0 Å². The van der Waals surface area contributed by atoms with E-state index in [0.717, 1.165) is 22.2 Å². The van der Waals surface area contributed by atoms with E-state index in [9.17, 15) is 14.4 Å². The largest absolute Gasteiger partial charge is 0.368 e. The molecule has 0 spiro atoms. The number of thioether (sulfide) groups is 1. The molecule has 1 fully saturated rings. The number of pyridine rings is 1. The fraction of sp³-hybridized carbons (Fsp3) is 0.214. The van der Waals surface area contributed by atoms with E-state index in [-0.39, 0.29) is 35.9 Å². The molecule has 0 bridgehead atoms. The Bertz CT molecular complexity index is 693. The van der Waals surface area contributed by atoms with E-state index < -0.39 is 5.91 Å². The highest BCUT2D eigenvalue weighted by Crippen LogP contribution is 2.31. The predicted molar refractivity (Wildman–Crippen MR) is 94.7 cm³/mol. The highest BCUT2D eigenvalue weighted by Gasteiger charge is 2.34. The molecule has 0 saturated carbocycles. The van der Waals surface area contributed by atoms with Gasteiger partial charge in [0, 0.05) is 25.5 Å². The molecule has 24 heavy (non-hydrogen) atoms. The third-order valence-electron chi connectivity index (χ3n) is 2.90. The van der Waals surface area contributed by atoms with Crippen molar-refractivity contribution in [1.82, 2.24) is 20.5 Å². The third-order valence-corrected chi connectivity index (χ3v) is 4.10. The van der Waals surface area contributed by atoms with Gasteiger partial charge in [0.2, 0.25) is 5.91 Å². The first-order valence-electron chi connectivity index (χ1n) is 6.93. The lowest BCUT2D eigenvalue weighted by molar-refractivity contribution is -0.122. The number of amides is 3. The number of hydrogen-bond acceptors (Lipinski definition) is 6. The van der Waals surface area contributed by atoms with E-state index in [2.05, 4.69) is 15.6 Å². The average Bonchev–Trinajstić information content (AvgIpc) is 2.81. The Labute approximate surface area is 147 Å². The Morgan fingerprint density at radius 2 is 2.21 bits per heavy atom. The number of rotatable bonds is 6. The predicted octanol–water partition coefficient (Wildman–Crippen LogP) is 0.0673. The molecule has 2 heterocycles. The van der Waals surface area contributed by atoms with Gasteiger partial charge in [0.05, 0.1) is 11.4 Å². The van der Waals surface area contributed by atoms with Gasteiger partial charge in [0.25, 0.3) is 11.1 Å². The van der Waals surface area contributed by atoms with Crippen molar-refractivity contribution in [2.75, 3.05) is 19.6 Å². The van der Waals surface area contributed by atoms with Crippen molar-refractivity contribution in [2.45, 2.75) is 0 Å². The topological polar surface area (TPSA) is 117 Å². The van der Waals surface area contributed by atoms with Crippen LogP contribution in [0.15, 0.2) is 29.4 Å². The SMILES string of the molecule is NC(=O)CNC(=S)NCCN1C(=O)SC(=Cc2cccnc2)C1=O. The van der Waals surface area contributed by atoms with Crippen LogP contribution >= 0.6 is 24.0 Å². The zero-order valence-electron chi connectivity index (χ0n) is 12.5. The quantitative estimate of drug-likeness (QED) is 0.479.